The maximum atomic E-state index is 12.7. The Hall–Kier alpha value is -4.75. The number of rotatable bonds is 4. The van der Waals surface area contributed by atoms with Gasteiger partial charge in [0.2, 0.25) is 0 Å². The van der Waals surface area contributed by atoms with Crippen molar-refractivity contribution < 1.29 is 14.3 Å². The van der Waals surface area contributed by atoms with Gasteiger partial charge in [-0.15, -0.1) is 0 Å². The number of carbonyl (C=O) groups is 2. The van der Waals surface area contributed by atoms with E-state index in [2.05, 4.69) is 27.1 Å². The summed E-state index contributed by atoms with van der Waals surface area (Å²) >= 11 is 0. The van der Waals surface area contributed by atoms with Gasteiger partial charge in [0.25, 0.3) is 11.8 Å². The van der Waals surface area contributed by atoms with Gasteiger partial charge >= 0.3 is 0 Å². The van der Waals surface area contributed by atoms with Crippen molar-refractivity contribution in [1.82, 2.24) is 24.3 Å². The van der Waals surface area contributed by atoms with Crippen molar-refractivity contribution in [2.45, 2.75) is 37.7 Å². The van der Waals surface area contributed by atoms with E-state index < -0.39 is 0 Å². The third-order valence-corrected chi connectivity index (χ3v) is 7.71. The van der Waals surface area contributed by atoms with Crippen molar-refractivity contribution in [3.05, 3.63) is 72.4 Å². The molecule has 2 saturated heterocycles. The number of pyridine rings is 1. The molecule has 202 valence electrons. The van der Waals surface area contributed by atoms with Crippen molar-refractivity contribution in [2.24, 2.45) is 0 Å². The van der Waals surface area contributed by atoms with Gasteiger partial charge in [-0.1, -0.05) is 24.1 Å². The first kappa shape index (κ1) is 25.5. The second kappa shape index (κ2) is 10.4. The Balaban J connectivity index is 1.24. The number of aromatic nitrogens is 4. The molecule has 10 nitrogen and oxygen atoms in total. The number of amides is 2. The molecule has 2 amide bonds. The van der Waals surface area contributed by atoms with Crippen molar-refractivity contribution >= 4 is 29.0 Å². The predicted octanol–water partition coefficient (Wildman–Crippen LogP) is 3.51. The number of piperidine rings is 1. The van der Waals surface area contributed by atoms with Crippen LogP contribution in [0.3, 0.4) is 0 Å². The molecule has 2 aliphatic rings. The van der Waals surface area contributed by atoms with Crippen molar-refractivity contribution in [3.8, 4) is 23.1 Å². The molecule has 0 bridgehead atoms. The number of nitrogen functional groups attached to an aromatic ring is 1. The number of fused-ring (bicyclic) bond motifs is 1. The van der Waals surface area contributed by atoms with E-state index in [1.807, 2.05) is 28.8 Å². The zero-order valence-electron chi connectivity index (χ0n) is 22.1. The number of nitrogens with zero attached hydrogens (tertiary/aromatic N) is 5. The minimum absolute atomic E-state index is 0.0594. The zero-order valence-corrected chi connectivity index (χ0v) is 22.1. The molecule has 1 spiro atoms. The van der Waals surface area contributed by atoms with Crippen LogP contribution in [0.1, 0.15) is 48.3 Å². The fourth-order valence-corrected chi connectivity index (χ4v) is 5.64. The second-order valence-corrected chi connectivity index (χ2v) is 10.2. The molecule has 1 aromatic carbocycles. The van der Waals surface area contributed by atoms with Crippen LogP contribution in [0, 0.1) is 11.8 Å². The standard InChI is InChI=1S/C30H29N7O3/c1-2-5-24(38)36-15-11-30(12-16-36)18-22(19-40-30)28-35-25(26-27(31)33-14-17-37(26)28)20-7-9-21(10-8-20)29(39)34-23-6-3-4-13-32-23/h3-4,6-10,13-14,17,22H,11-12,15-16,18-19H2,1H3,(H2,31,33)(H,32,34,39). The predicted molar refractivity (Wildman–Crippen MR) is 150 cm³/mol. The summed E-state index contributed by atoms with van der Waals surface area (Å²) in [6.45, 7) is 3.47. The number of anilines is 2. The SMILES string of the molecule is CC#CC(=O)N1CCC2(CC1)CC(c1nc(-c3ccc(C(=O)Nc4ccccn4)cc3)c3c(N)nccn13)CO2. The van der Waals surface area contributed by atoms with E-state index in [0.717, 1.165) is 36.2 Å². The molecule has 40 heavy (non-hydrogen) atoms. The first-order valence-electron chi connectivity index (χ1n) is 13.3. The molecule has 1 unspecified atom stereocenters. The lowest BCUT2D eigenvalue weighted by atomic mass is 9.85. The van der Waals surface area contributed by atoms with Gasteiger partial charge in [-0.3, -0.25) is 14.0 Å². The van der Waals surface area contributed by atoms with Gasteiger partial charge in [0.15, 0.2) is 0 Å². The van der Waals surface area contributed by atoms with Gasteiger partial charge in [0, 0.05) is 48.7 Å². The zero-order chi connectivity index (χ0) is 27.7. The summed E-state index contributed by atoms with van der Waals surface area (Å²) in [5, 5.41) is 2.80. The van der Waals surface area contributed by atoms with Crippen LogP contribution in [-0.2, 0) is 9.53 Å². The monoisotopic (exact) mass is 535 g/mol. The topological polar surface area (TPSA) is 128 Å². The highest BCUT2D eigenvalue weighted by Gasteiger charge is 2.45. The molecule has 2 aliphatic heterocycles. The van der Waals surface area contributed by atoms with Gasteiger partial charge in [0.1, 0.15) is 28.7 Å². The molecule has 4 aromatic rings. The van der Waals surface area contributed by atoms with E-state index in [-0.39, 0.29) is 23.3 Å². The fraction of sp³-hybridized carbons (Fsp3) is 0.300. The normalized spacial score (nSPS) is 17.9. The van der Waals surface area contributed by atoms with Gasteiger partial charge in [-0.25, -0.2) is 15.0 Å². The van der Waals surface area contributed by atoms with E-state index >= 15 is 0 Å². The summed E-state index contributed by atoms with van der Waals surface area (Å²) in [6.07, 6.45) is 7.52. The Kier molecular flexibility index (Phi) is 6.66. The number of benzene rings is 1. The van der Waals surface area contributed by atoms with Gasteiger partial charge in [-0.2, -0.15) is 0 Å². The maximum Gasteiger partial charge on any atom is 0.298 e. The number of carbonyl (C=O) groups excluding carboxylic acids is 2. The summed E-state index contributed by atoms with van der Waals surface area (Å²) in [6, 6.07) is 12.6. The maximum absolute atomic E-state index is 12.7. The highest BCUT2D eigenvalue weighted by Crippen LogP contribution is 2.43. The van der Waals surface area contributed by atoms with Crippen molar-refractivity contribution in [2.75, 3.05) is 30.7 Å². The minimum Gasteiger partial charge on any atom is -0.382 e. The van der Waals surface area contributed by atoms with E-state index in [9.17, 15) is 9.59 Å². The Morgan fingerprint density at radius 1 is 1.10 bits per heavy atom. The molecular weight excluding hydrogens is 506 g/mol. The Morgan fingerprint density at radius 3 is 2.62 bits per heavy atom. The van der Waals surface area contributed by atoms with Crippen LogP contribution in [0.4, 0.5) is 11.6 Å². The number of hydrogen-bond acceptors (Lipinski definition) is 7. The number of nitrogens with two attached hydrogens (primary N) is 1. The first-order chi connectivity index (χ1) is 19.5. The Labute approximate surface area is 231 Å². The summed E-state index contributed by atoms with van der Waals surface area (Å²) in [5.41, 5.74) is 8.83. The third kappa shape index (κ3) is 4.76. The number of likely N-dealkylation sites (tertiary alicyclic amines) is 1. The smallest absolute Gasteiger partial charge is 0.298 e. The molecule has 3 N–H and O–H groups in total. The quantitative estimate of drug-likeness (QED) is 0.383. The first-order valence-corrected chi connectivity index (χ1v) is 13.3. The summed E-state index contributed by atoms with van der Waals surface area (Å²) in [5.74, 6) is 6.74. The largest absolute Gasteiger partial charge is 0.382 e. The van der Waals surface area contributed by atoms with Crippen LogP contribution < -0.4 is 11.1 Å². The van der Waals surface area contributed by atoms with Crippen LogP contribution in [0.25, 0.3) is 16.8 Å². The van der Waals surface area contributed by atoms with Crippen molar-refractivity contribution in [1.29, 1.82) is 0 Å². The van der Waals surface area contributed by atoms with E-state index in [1.165, 1.54) is 0 Å². The van der Waals surface area contributed by atoms with Gasteiger partial charge in [-0.05, 0) is 56.4 Å². The van der Waals surface area contributed by atoms with Crippen LogP contribution in [-0.4, -0.2) is 61.4 Å². The van der Waals surface area contributed by atoms with Crippen LogP contribution >= 0.6 is 0 Å². The molecule has 6 rings (SSSR count). The Morgan fingerprint density at radius 2 is 1.90 bits per heavy atom. The molecule has 0 saturated carbocycles. The Bertz CT molecular complexity index is 1630. The molecule has 10 heteroatoms. The molecule has 2 fully saturated rings. The average Bonchev–Trinajstić information content (AvgIpc) is 3.57. The van der Waals surface area contributed by atoms with Crippen LogP contribution in [0.5, 0.6) is 0 Å². The lowest BCUT2D eigenvalue weighted by Gasteiger charge is -2.37. The molecule has 1 atom stereocenters. The lowest BCUT2D eigenvalue weighted by molar-refractivity contribution is -0.129. The summed E-state index contributed by atoms with van der Waals surface area (Å²) in [4.78, 5) is 40.2. The summed E-state index contributed by atoms with van der Waals surface area (Å²) < 4.78 is 8.40. The number of ether oxygens (including phenoxy) is 1. The van der Waals surface area contributed by atoms with Gasteiger partial charge in [0.05, 0.1) is 12.2 Å². The average molecular weight is 536 g/mol. The molecule has 5 heterocycles. The third-order valence-electron chi connectivity index (χ3n) is 7.71. The van der Waals surface area contributed by atoms with E-state index in [0.29, 0.717) is 42.6 Å². The minimum atomic E-state index is -0.283. The molecular formula is C30H29N7O3. The molecule has 0 radical (unpaired) electrons. The van der Waals surface area contributed by atoms with Crippen molar-refractivity contribution in [3.63, 3.8) is 0 Å². The molecule has 3 aromatic heterocycles. The van der Waals surface area contributed by atoms with Gasteiger partial charge < -0.3 is 20.7 Å². The van der Waals surface area contributed by atoms with E-state index in [1.54, 1.807) is 48.5 Å². The van der Waals surface area contributed by atoms with E-state index in [4.69, 9.17) is 15.5 Å². The van der Waals surface area contributed by atoms with Crippen LogP contribution in [0.2, 0.25) is 0 Å². The highest BCUT2D eigenvalue weighted by atomic mass is 16.5. The number of hydrogen-bond donors (Lipinski definition) is 2. The number of imidazole rings is 1. The lowest BCUT2D eigenvalue weighted by Crippen LogP contribution is -2.46. The fourth-order valence-electron chi connectivity index (χ4n) is 5.64. The number of nitrogens with one attached hydrogen (secondary N) is 1. The highest BCUT2D eigenvalue weighted by molar-refractivity contribution is 6.04. The molecule has 0 aliphatic carbocycles. The van der Waals surface area contributed by atoms with Crippen LogP contribution in [0.15, 0.2) is 61.1 Å². The second-order valence-electron chi connectivity index (χ2n) is 10.2. The summed E-state index contributed by atoms with van der Waals surface area (Å²) in [7, 11) is 0.